The van der Waals surface area contributed by atoms with Crippen LogP contribution < -0.4 is 10.2 Å². The monoisotopic (exact) mass is 404 g/mol. The number of anilines is 2. The molecule has 0 radical (unpaired) electrons. The number of carbonyl (C=O) groups excluding carboxylic acids is 1. The molecule has 1 saturated heterocycles. The maximum atomic E-state index is 12.7. The molecule has 3 aromatic rings. The van der Waals surface area contributed by atoms with Gasteiger partial charge in [-0.2, -0.15) is 10.2 Å². The molecular formula is C23H28N6O. The Labute approximate surface area is 177 Å². The molecule has 1 aromatic carbocycles. The predicted molar refractivity (Wildman–Crippen MR) is 118 cm³/mol. The molecule has 0 aliphatic carbocycles. The van der Waals surface area contributed by atoms with Crippen molar-refractivity contribution in [2.24, 2.45) is 11.3 Å². The summed E-state index contributed by atoms with van der Waals surface area (Å²) in [7, 11) is 0. The van der Waals surface area contributed by atoms with Crippen LogP contribution in [0.3, 0.4) is 0 Å². The van der Waals surface area contributed by atoms with Crippen molar-refractivity contribution in [2.45, 2.75) is 33.7 Å². The molecule has 7 nitrogen and oxygen atoms in total. The van der Waals surface area contributed by atoms with E-state index in [0.717, 1.165) is 42.1 Å². The van der Waals surface area contributed by atoms with E-state index in [2.05, 4.69) is 52.5 Å². The highest BCUT2D eigenvalue weighted by molar-refractivity contribution is 5.93. The molecule has 0 saturated carbocycles. The molecule has 1 aliphatic rings. The van der Waals surface area contributed by atoms with E-state index in [1.807, 2.05) is 47.3 Å². The molecule has 30 heavy (non-hydrogen) atoms. The van der Waals surface area contributed by atoms with Crippen molar-refractivity contribution in [1.82, 2.24) is 20.0 Å². The van der Waals surface area contributed by atoms with Gasteiger partial charge in [0.2, 0.25) is 5.91 Å². The van der Waals surface area contributed by atoms with E-state index in [9.17, 15) is 4.79 Å². The van der Waals surface area contributed by atoms with Crippen LogP contribution in [0.5, 0.6) is 0 Å². The zero-order valence-corrected chi connectivity index (χ0v) is 17.7. The van der Waals surface area contributed by atoms with Crippen LogP contribution in [0.4, 0.5) is 11.5 Å². The molecule has 1 aliphatic heterocycles. The average Bonchev–Trinajstić information content (AvgIpc) is 3.38. The lowest BCUT2D eigenvalue weighted by Crippen LogP contribution is -2.27. The van der Waals surface area contributed by atoms with Gasteiger partial charge in [0.15, 0.2) is 5.82 Å². The van der Waals surface area contributed by atoms with Gasteiger partial charge in [0.05, 0.1) is 12.1 Å². The smallest absolute Gasteiger partial charge is 0.229 e. The van der Waals surface area contributed by atoms with Crippen LogP contribution >= 0.6 is 0 Å². The summed E-state index contributed by atoms with van der Waals surface area (Å²) in [6.07, 6.45) is 6.42. The molecule has 7 heteroatoms. The van der Waals surface area contributed by atoms with E-state index in [4.69, 9.17) is 0 Å². The van der Waals surface area contributed by atoms with E-state index in [-0.39, 0.29) is 17.2 Å². The van der Waals surface area contributed by atoms with Crippen molar-refractivity contribution in [3.05, 3.63) is 55.0 Å². The average molecular weight is 405 g/mol. The van der Waals surface area contributed by atoms with Crippen molar-refractivity contribution in [2.75, 3.05) is 23.3 Å². The van der Waals surface area contributed by atoms with E-state index in [0.29, 0.717) is 6.54 Å². The van der Waals surface area contributed by atoms with Crippen molar-refractivity contribution in [3.8, 4) is 11.1 Å². The fourth-order valence-corrected chi connectivity index (χ4v) is 3.72. The standard InChI is InChI=1S/C23H28N6O/c1-23(2,3)16-29-15-19(13-25-29)17-6-8-20(9-7-17)26-22(30)18-10-12-28(14-18)21-5-4-11-24-27-21/h4-9,11,13,15,18H,10,12,14,16H2,1-3H3,(H,26,30)/t18-/m0/s1. The van der Waals surface area contributed by atoms with Gasteiger partial charge in [-0.15, -0.1) is 5.10 Å². The van der Waals surface area contributed by atoms with Crippen molar-refractivity contribution < 1.29 is 4.79 Å². The summed E-state index contributed by atoms with van der Waals surface area (Å²) in [6, 6.07) is 11.7. The number of nitrogens with one attached hydrogen (secondary N) is 1. The van der Waals surface area contributed by atoms with Gasteiger partial charge in [0, 0.05) is 43.3 Å². The lowest BCUT2D eigenvalue weighted by atomic mass is 9.97. The van der Waals surface area contributed by atoms with E-state index in [1.54, 1.807) is 6.20 Å². The maximum absolute atomic E-state index is 12.7. The van der Waals surface area contributed by atoms with Crippen LogP contribution in [0, 0.1) is 11.3 Å². The predicted octanol–water partition coefficient (Wildman–Crippen LogP) is 3.85. The number of nitrogens with zero attached hydrogens (tertiary/aromatic N) is 5. The third-order valence-electron chi connectivity index (χ3n) is 5.20. The zero-order chi connectivity index (χ0) is 21.1. The van der Waals surface area contributed by atoms with Gasteiger partial charge < -0.3 is 10.2 Å². The Morgan fingerprint density at radius 2 is 1.97 bits per heavy atom. The Hall–Kier alpha value is -3.22. The lowest BCUT2D eigenvalue weighted by molar-refractivity contribution is -0.119. The Balaban J connectivity index is 1.35. The summed E-state index contributed by atoms with van der Waals surface area (Å²) in [5, 5.41) is 15.6. The van der Waals surface area contributed by atoms with E-state index >= 15 is 0 Å². The van der Waals surface area contributed by atoms with Gasteiger partial charge >= 0.3 is 0 Å². The highest BCUT2D eigenvalue weighted by Gasteiger charge is 2.29. The summed E-state index contributed by atoms with van der Waals surface area (Å²) >= 11 is 0. The zero-order valence-electron chi connectivity index (χ0n) is 17.7. The number of rotatable bonds is 5. The van der Waals surface area contributed by atoms with Gasteiger partial charge in [-0.25, -0.2) is 0 Å². The quantitative estimate of drug-likeness (QED) is 0.699. The highest BCUT2D eigenvalue weighted by atomic mass is 16.1. The number of carbonyl (C=O) groups is 1. The number of hydrogen-bond acceptors (Lipinski definition) is 5. The summed E-state index contributed by atoms with van der Waals surface area (Å²) < 4.78 is 1.98. The van der Waals surface area contributed by atoms with E-state index in [1.165, 1.54) is 0 Å². The molecule has 1 amide bonds. The number of amides is 1. The topological polar surface area (TPSA) is 75.9 Å². The minimum absolute atomic E-state index is 0.0483. The first kappa shape index (κ1) is 20.1. The summed E-state index contributed by atoms with van der Waals surface area (Å²) in [5.41, 5.74) is 3.15. The Kier molecular flexibility index (Phi) is 5.53. The highest BCUT2D eigenvalue weighted by Crippen LogP contribution is 2.25. The van der Waals surface area contributed by atoms with E-state index < -0.39 is 0 Å². The summed E-state index contributed by atoms with van der Waals surface area (Å²) in [4.78, 5) is 14.8. The van der Waals surface area contributed by atoms with Crippen LogP contribution in [-0.4, -0.2) is 39.0 Å². The fraction of sp³-hybridized carbons (Fsp3) is 0.391. The Bertz CT molecular complexity index is 991. The second kappa shape index (κ2) is 8.26. The summed E-state index contributed by atoms with van der Waals surface area (Å²) in [5.74, 6) is 0.818. The molecule has 3 heterocycles. The number of aromatic nitrogens is 4. The molecular weight excluding hydrogens is 376 g/mol. The van der Waals surface area contributed by atoms with Gasteiger partial charge in [-0.3, -0.25) is 9.48 Å². The third-order valence-corrected chi connectivity index (χ3v) is 5.20. The SMILES string of the molecule is CC(C)(C)Cn1cc(-c2ccc(NC(=O)[C@H]3CCN(c4cccnn4)C3)cc2)cn1. The first-order chi connectivity index (χ1) is 14.4. The van der Waals surface area contributed by atoms with Crippen LogP contribution in [-0.2, 0) is 11.3 Å². The largest absolute Gasteiger partial charge is 0.354 e. The second-order valence-corrected chi connectivity index (χ2v) is 9.07. The maximum Gasteiger partial charge on any atom is 0.229 e. The normalized spacial score (nSPS) is 16.6. The van der Waals surface area contributed by atoms with Gasteiger partial charge in [0.25, 0.3) is 0 Å². The first-order valence-electron chi connectivity index (χ1n) is 10.3. The number of hydrogen-bond donors (Lipinski definition) is 1. The summed E-state index contributed by atoms with van der Waals surface area (Å²) in [6.45, 7) is 8.94. The van der Waals surface area contributed by atoms with Crippen LogP contribution in [0.2, 0.25) is 0 Å². The van der Waals surface area contributed by atoms with Gasteiger partial charge in [0.1, 0.15) is 0 Å². The van der Waals surface area contributed by atoms with Crippen LogP contribution in [0.15, 0.2) is 55.0 Å². The second-order valence-electron chi connectivity index (χ2n) is 9.07. The molecule has 0 unspecified atom stereocenters. The minimum atomic E-state index is -0.0534. The Morgan fingerprint density at radius 3 is 2.67 bits per heavy atom. The Morgan fingerprint density at radius 1 is 1.17 bits per heavy atom. The minimum Gasteiger partial charge on any atom is -0.354 e. The molecule has 0 bridgehead atoms. The first-order valence-corrected chi connectivity index (χ1v) is 10.3. The van der Waals surface area contributed by atoms with Crippen molar-refractivity contribution >= 4 is 17.4 Å². The molecule has 1 N–H and O–H groups in total. The van der Waals surface area contributed by atoms with Crippen LogP contribution in [0.25, 0.3) is 11.1 Å². The third kappa shape index (κ3) is 4.84. The van der Waals surface area contributed by atoms with Crippen molar-refractivity contribution in [3.63, 3.8) is 0 Å². The van der Waals surface area contributed by atoms with Crippen molar-refractivity contribution in [1.29, 1.82) is 0 Å². The molecule has 2 aromatic heterocycles. The number of benzene rings is 1. The molecule has 1 fully saturated rings. The molecule has 1 atom stereocenters. The van der Waals surface area contributed by atoms with Gasteiger partial charge in [-0.1, -0.05) is 32.9 Å². The van der Waals surface area contributed by atoms with Gasteiger partial charge in [-0.05, 0) is 41.7 Å². The molecule has 156 valence electrons. The molecule has 0 spiro atoms. The molecule has 4 rings (SSSR count). The lowest BCUT2D eigenvalue weighted by Gasteiger charge is -2.17. The fourth-order valence-electron chi connectivity index (χ4n) is 3.72. The van der Waals surface area contributed by atoms with Crippen LogP contribution in [0.1, 0.15) is 27.2 Å².